The minimum Gasteiger partial charge on any atom is -0.503 e. The third kappa shape index (κ3) is 4.02. The zero-order valence-electron chi connectivity index (χ0n) is 17.5. The van der Waals surface area contributed by atoms with E-state index in [0.29, 0.717) is 25.6 Å². The Morgan fingerprint density at radius 2 is 2.03 bits per heavy atom. The van der Waals surface area contributed by atoms with Crippen LogP contribution in [0.1, 0.15) is 51.5 Å². The highest BCUT2D eigenvalue weighted by atomic mass is 19.1. The predicted octanol–water partition coefficient (Wildman–Crippen LogP) is 1.52. The van der Waals surface area contributed by atoms with Gasteiger partial charge in [0.25, 0.3) is 11.8 Å². The highest BCUT2D eigenvalue weighted by molar-refractivity contribution is 5.99. The Labute approximate surface area is 177 Å². The molecular weight excluding hydrogens is 410 g/mol. The smallest absolute Gasteiger partial charge is 0.274 e. The van der Waals surface area contributed by atoms with Gasteiger partial charge in [0.05, 0.1) is 5.69 Å². The summed E-state index contributed by atoms with van der Waals surface area (Å²) in [6, 6.07) is 2.56. The molecule has 8 nitrogen and oxygen atoms in total. The quantitative estimate of drug-likeness (QED) is 0.640. The van der Waals surface area contributed by atoms with Crippen molar-refractivity contribution < 1.29 is 23.5 Å². The molecule has 1 aromatic carbocycles. The van der Waals surface area contributed by atoms with Gasteiger partial charge in [-0.25, -0.2) is 8.78 Å². The summed E-state index contributed by atoms with van der Waals surface area (Å²) >= 11 is 0. The molecule has 1 unspecified atom stereocenters. The fourth-order valence-electron chi connectivity index (χ4n) is 3.69. The Kier molecular flexibility index (Phi) is 6.40. The van der Waals surface area contributed by atoms with E-state index in [1.54, 1.807) is 21.0 Å². The molecule has 0 bridgehead atoms. The Balaban J connectivity index is 2.05. The van der Waals surface area contributed by atoms with Crippen molar-refractivity contribution in [2.75, 3.05) is 20.6 Å². The lowest BCUT2D eigenvalue weighted by Crippen LogP contribution is -2.36. The van der Waals surface area contributed by atoms with E-state index >= 15 is 0 Å². The molecule has 2 aromatic rings. The van der Waals surface area contributed by atoms with Gasteiger partial charge in [0.15, 0.2) is 11.4 Å². The van der Waals surface area contributed by atoms with Crippen molar-refractivity contribution in [2.45, 2.75) is 32.5 Å². The van der Waals surface area contributed by atoms with E-state index in [4.69, 9.17) is 0 Å². The van der Waals surface area contributed by atoms with Gasteiger partial charge >= 0.3 is 0 Å². The number of rotatable bonds is 6. The number of aromatic nitrogens is 1. The highest BCUT2D eigenvalue weighted by Crippen LogP contribution is 2.32. The largest absolute Gasteiger partial charge is 0.503 e. The van der Waals surface area contributed by atoms with Crippen LogP contribution in [0.3, 0.4) is 0 Å². The summed E-state index contributed by atoms with van der Waals surface area (Å²) in [5.74, 6) is -3.73. The SMILES string of the molecule is CCN(C)C(=O)c1c(O)c(=O)c(C(=O)NCc2ccc(F)cc2F)c2n1CCC2NC. The minimum atomic E-state index is -0.974. The average Bonchev–Trinajstić information content (AvgIpc) is 3.16. The van der Waals surface area contributed by atoms with Gasteiger partial charge in [0.2, 0.25) is 5.43 Å². The second-order valence-electron chi connectivity index (χ2n) is 7.31. The van der Waals surface area contributed by atoms with Crippen molar-refractivity contribution in [3.63, 3.8) is 0 Å². The van der Waals surface area contributed by atoms with Crippen LogP contribution in [0.5, 0.6) is 5.75 Å². The minimum absolute atomic E-state index is 0.0391. The van der Waals surface area contributed by atoms with E-state index in [1.807, 2.05) is 0 Å². The Bertz CT molecular complexity index is 1100. The molecule has 2 amide bonds. The van der Waals surface area contributed by atoms with Crippen molar-refractivity contribution in [1.29, 1.82) is 0 Å². The molecule has 1 aromatic heterocycles. The maximum Gasteiger partial charge on any atom is 0.274 e. The van der Waals surface area contributed by atoms with Crippen molar-refractivity contribution in [3.8, 4) is 5.75 Å². The number of aromatic hydroxyl groups is 1. The molecule has 1 aliphatic rings. The molecular formula is C21H24F2N4O4. The summed E-state index contributed by atoms with van der Waals surface area (Å²) in [6.45, 7) is 2.15. The van der Waals surface area contributed by atoms with Crippen LogP contribution < -0.4 is 16.1 Å². The monoisotopic (exact) mass is 434 g/mol. The van der Waals surface area contributed by atoms with E-state index in [1.165, 1.54) is 15.5 Å². The highest BCUT2D eigenvalue weighted by Gasteiger charge is 2.36. The van der Waals surface area contributed by atoms with Gasteiger partial charge in [-0.05, 0) is 26.5 Å². The molecule has 3 N–H and O–H groups in total. The van der Waals surface area contributed by atoms with E-state index in [2.05, 4.69) is 10.6 Å². The van der Waals surface area contributed by atoms with E-state index in [9.17, 15) is 28.3 Å². The molecule has 0 spiro atoms. The molecule has 31 heavy (non-hydrogen) atoms. The Morgan fingerprint density at radius 1 is 1.32 bits per heavy atom. The molecule has 0 aliphatic carbocycles. The molecule has 0 radical (unpaired) electrons. The number of amides is 2. The van der Waals surface area contributed by atoms with Crippen molar-refractivity contribution >= 4 is 11.8 Å². The van der Waals surface area contributed by atoms with Gasteiger partial charge in [-0.3, -0.25) is 14.4 Å². The van der Waals surface area contributed by atoms with Crippen molar-refractivity contribution in [3.05, 3.63) is 62.6 Å². The van der Waals surface area contributed by atoms with Crippen LogP contribution in [0.15, 0.2) is 23.0 Å². The Hall–Kier alpha value is -3.27. The summed E-state index contributed by atoms with van der Waals surface area (Å²) in [6.07, 6.45) is 0.502. The number of hydrogen-bond acceptors (Lipinski definition) is 5. The van der Waals surface area contributed by atoms with E-state index in [-0.39, 0.29) is 29.1 Å². The van der Waals surface area contributed by atoms with Crippen LogP contribution in [0.25, 0.3) is 0 Å². The number of fused-ring (bicyclic) bond motifs is 1. The standard InChI is InChI=1S/C21H24F2N4O4/c1-4-26(3)21(31)17-19(29)18(28)15(16-14(24-2)7-8-27(16)17)20(30)25-10-11-5-6-12(22)9-13(11)23/h5-6,9,14,24,29H,4,7-8,10H2,1-3H3,(H,25,30). The number of benzene rings is 1. The van der Waals surface area contributed by atoms with Gasteiger partial charge in [0, 0.05) is 44.4 Å². The van der Waals surface area contributed by atoms with Crippen LogP contribution in [0.2, 0.25) is 0 Å². The fourth-order valence-corrected chi connectivity index (χ4v) is 3.69. The summed E-state index contributed by atoms with van der Waals surface area (Å²) in [5, 5.41) is 16.0. The molecule has 3 rings (SSSR count). The van der Waals surface area contributed by atoms with Crippen molar-refractivity contribution in [2.24, 2.45) is 0 Å². The van der Waals surface area contributed by atoms with Gasteiger partial charge in [0.1, 0.15) is 17.2 Å². The first-order valence-electron chi connectivity index (χ1n) is 9.85. The van der Waals surface area contributed by atoms with Crippen LogP contribution in [-0.2, 0) is 13.1 Å². The van der Waals surface area contributed by atoms with Gasteiger partial charge in [-0.2, -0.15) is 0 Å². The van der Waals surface area contributed by atoms with E-state index in [0.717, 1.165) is 6.07 Å². The lowest BCUT2D eigenvalue weighted by Gasteiger charge is -2.22. The summed E-state index contributed by atoms with van der Waals surface area (Å²) < 4.78 is 28.5. The van der Waals surface area contributed by atoms with Gasteiger partial charge in [-0.1, -0.05) is 6.07 Å². The first kappa shape index (κ1) is 22.4. The second-order valence-corrected chi connectivity index (χ2v) is 7.31. The zero-order valence-corrected chi connectivity index (χ0v) is 17.5. The number of pyridine rings is 1. The molecule has 1 aliphatic heterocycles. The van der Waals surface area contributed by atoms with Crippen LogP contribution in [0.4, 0.5) is 8.78 Å². The normalized spacial score (nSPS) is 14.9. The average molecular weight is 434 g/mol. The number of carbonyl (C=O) groups excluding carboxylic acids is 2. The molecule has 0 saturated heterocycles. The van der Waals surface area contributed by atoms with Crippen LogP contribution >= 0.6 is 0 Å². The molecule has 0 fully saturated rings. The lowest BCUT2D eigenvalue weighted by molar-refractivity contribution is 0.0785. The van der Waals surface area contributed by atoms with Gasteiger partial charge in [-0.15, -0.1) is 0 Å². The van der Waals surface area contributed by atoms with Crippen LogP contribution in [-0.4, -0.2) is 47.0 Å². The topological polar surface area (TPSA) is 104 Å². The third-order valence-corrected chi connectivity index (χ3v) is 5.51. The first-order valence-corrected chi connectivity index (χ1v) is 9.85. The number of halogens is 2. The van der Waals surface area contributed by atoms with Gasteiger partial charge < -0.3 is 25.2 Å². The number of carbonyl (C=O) groups is 2. The maximum absolute atomic E-state index is 13.9. The maximum atomic E-state index is 13.9. The predicted molar refractivity (Wildman–Crippen MR) is 109 cm³/mol. The number of nitrogens with zero attached hydrogens (tertiary/aromatic N) is 2. The van der Waals surface area contributed by atoms with E-state index < -0.39 is 40.7 Å². The zero-order chi connectivity index (χ0) is 22.9. The molecule has 1 atom stereocenters. The molecule has 2 heterocycles. The summed E-state index contributed by atoms with van der Waals surface area (Å²) in [5.41, 5.74) is -1.12. The second kappa shape index (κ2) is 8.84. The molecule has 0 saturated carbocycles. The van der Waals surface area contributed by atoms with Crippen molar-refractivity contribution in [1.82, 2.24) is 20.1 Å². The molecule has 166 valence electrons. The Morgan fingerprint density at radius 3 is 2.65 bits per heavy atom. The number of nitrogens with one attached hydrogen (secondary N) is 2. The van der Waals surface area contributed by atoms with Crippen LogP contribution in [0, 0.1) is 11.6 Å². The summed E-state index contributed by atoms with van der Waals surface area (Å²) in [4.78, 5) is 40.0. The fraction of sp³-hybridized carbons (Fsp3) is 0.381. The molecule has 10 heteroatoms. The lowest BCUT2D eigenvalue weighted by atomic mass is 10.0. The first-order chi connectivity index (χ1) is 14.7. The summed E-state index contributed by atoms with van der Waals surface area (Å²) in [7, 11) is 3.20. The number of hydrogen-bond donors (Lipinski definition) is 3. The third-order valence-electron chi connectivity index (χ3n) is 5.51.